The van der Waals surface area contributed by atoms with Crippen LogP contribution in [-0.2, 0) is 4.79 Å². The summed E-state index contributed by atoms with van der Waals surface area (Å²) in [6.45, 7) is 6.93. The molecular formula is C17H26N4O2. The number of hydrogen-bond acceptors (Lipinski definition) is 5. The molecule has 1 amide bonds. The van der Waals surface area contributed by atoms with E-state index in [0.717, 1.165) is 51.3 Å². The van der Waals surface area contributed by atoms with Gasteiger partial charge in [-0.3, -0.25) is 9.69 Å². The third-order valence-corrected chi connectivity index (χ3v) is 4.82. The second kappa shape index (κ2) is 7.73. The maximum atomic E-state index is 12.4. The lowest BCUT2D eigenvalue weighted by molar-refractivity contribution is -0.137. The average molecular weight is 318 g/mol. The SMILES string of the molecule is Cc1ccc(OCCN2CCN(C(=O)C3CCCC3)CC2)nn1. The molecule has 0 radical (unpaired) electrons. The zero-order chi connectivity index (χ0) is 16.1. The second-order valence-electron chi connectivity index (χ2n) is 6.51. The Kier molecular flexibility index (Phi) is 5.43. The fraction of sp³-hybridized carbons (Fsp3) is 0.706. The van der Waals surface area contributed by atoms with Gasteiger partial charge >= 0.3 is 0 Å². The molecule has 126 valence electrons. The van der Waals surface area contributed by atoms with Crippen molar-refractivity contribution in [1.82, 2.24) is 20.0 Å². The molecule has 23 heavy (non-hydrogen) atoms. The van der Waals surface area contributed by atoms with Crippen molar-refractivity contribution in [3.63, 3.8) is 0 Å². The van der Waals surface area contributed by atoms with E-state index in [0.29, 0.717) is 24.3 Å². The number of hydrogen-bond donors (Lipinski definition) is 0. The van der Waals surface area contributed by atoms with E-state index in [9.17, 15) is 4.79 Å². The van der Waals surface area contributed by atoms with Gasteiger partial charge in [-0.05, 0) is 25.8 Å². The summed E-state index contributed by atoms with van der Waals surface area (Å²) in [5.41, 5.74) is 0.889. The molecule has 1 saturated heterocycles. The largest absolute Gasteiger partial charge is 0.475 e. The van der Waals surface area contributed by atoms with Crippen LogP contribution in [0.4, 0.5) is 0 Å². The predicted molar refractivity (Wildman–Crippen MR) is 87.2 cm³/mol. The molecule has 2 aliphatic rings. The van der Waals surface area contributed by atoms with Gasteiger partial charge < -0.3 is 9.64 Å². The monoisotopic (exact) mass is 318 g/mol. The fourth-order valence-electron chi connectivity index (χ4n) is 3.37. The molecule has 1 aromatic rings. The minimum Gasteiger partial charge on any atom is -0.475 e. The Balaban J connectivity index is 1.36. The van der Waals surface area contributed by atoms with Gasteiger partial charge in [0.05, 0.1) is 5.69 Å². The van der Waals surface area contributed by atoms with E-state index in [1.54, 1.807) is 0 Å². The number of nitrogens with zero attached hydrogens (tertiary/aromatic N) is 4. The zero-order valence-corrected chi connectivity index (χ0v) is 13.9. The van der Waals surface area contributed by atoms with Crippen LogP contribution in [-0.4, -0.2) is 65.2 Å². The number of carbonyl (C=O) groups is 1. The summed E-state index contributed by atoms with van der Waals surface area (Å²) in [5.74, 6) is 1.25. The first-order chi connectivity index (χ1) is 11.2. The highest BCUT2D eigenvalue weighted by Crippen LogP contribution is 2.26. The number of aryl methyl sites for hydroxylation is 1. The molecule has 0 spiro atoms. The molecule has 3 rings (SSSR count). The molecule has 6 heteroatoms. The van der Waals surface area contributed by atoms with Gasteiger partial charge in [-0.2, -0.15) is 5.10 Å². The maximum Gasteiger partial charge on any atom is 0.233 e. The molecule has 1 aromatic heterocycles. The first-order valence-electron chi connectivity index (χ1n) is 8.66. The fourth-order valence-corrected chi connectivity index (χ4v) is 3.37. The molecule has 0 N–H and O–H groups in total. The van der Waals surface area contributed by atoms with Gasteiger partial charge in [-0.25, -0.2) is 0 Å². The van der Waals surface area contributed by atoms with Crippen LogP contribution >= 0.6 is 0 Å². The Hall–Kier alpha value is -1.69. The second-order valence-corrected chi connectivity index (χ2v) is 6.51. The van der Waals surface area contributed by atoms with E-state index in [1.807, 2.05) is 19.1 Å². The van der Waals surface area contributed by atoms with Crippen LogP contribution in [0, 0.1) is 12.8 Å². The average Bonchev–Trinajstić information content (AvgIpc) is 3.11. The molecule has 1 aliphatic heterocycles. The Bertz CT molecular complexity index is 506. The number of piperazine rings is 1. The van der Waals surface area contributed by atoms with Crippen molar-refractivity contribution in [2.24, 2.45) is 5.92 Å². The zero-order valence-electron chi connectivity index (χ0n) is 13.9. The summed E-state index contributed by atoms with van der Waals surface area (Å²) in [4.78, 5) is 16.8. The lowest BCUT2D eigenvalue weighted by Gasteiger charge is -2.35. The Morgan fingerprint density at radius 3 is 2.57 bits per heavy atom. The standard InChI is InChI=1S/C17H26N4O2/c1-14-6-7-16(19-18-14)23-13-12-20-8-10-21(11-9-20)17(22)15-4-2-3-5-15/h6-7,15H,2-5,8-13H2,1H3. The van der Waals surface area contributed by atoms with E-state index < -0.39 is 0 Å². The Morgan fingerprint density at radius 1 is 1.17 bits per heavy atom. The smallest absolute Gasteiger partial charge is 0.233 e. The number of aromatic nitrogens is 2. The third-order valence-electron chi connectivity index (χ3n) is 4.82. The van der Waals surface area contributed by atoms with Gasteiger partial charge in [-0.1, -0.05) is 12.8 Å². The van der Waals surface area contributed by atoms with Crippen LogP contribution in [0.3, 0.4) is 0 Å². The molecule has 0 bridgehead atoms. The third kappa shape index (κ3) is 4.41. The highest BCUT2D eigenvalue weighted by molar-refractivity contribution is 5.79. The summed E-state index contributed by atoms with van der Waals surface area (Å²) >= 11 is 0. The molecule has 0 unspecified atom stereocenters. The van der Waals surface area contributed by atoms with Gasteiger partial charge in [-0.15, -0.1) is 5.10 Å². The lowest BCUT2D eigenvalue weighted by Crippen LogP contribution is -2.50. The van der Waals surface area contributed by atoms with Crippen molar-refractivity contribution in [1.29, 1.82) is 0 Å². The van der Waals surface area contributed by atoms with Crippen molar-refractivity contribution in [3.8, 4) is 5.88 Å². The molecular weight excluding hydrogens is 292 g/mol. The minimum absolute atomic E-state index is 0.296. The van der Waals surface area contributed by atoms with Crippen LogP contribution in [0.15, 0.2) is 12.1 Å². The molecule has 2 fully saturated rings. The van der Waals surface area contributed by atoms with Crippen LogP contribution in [0.2, 0.25) is 0 Å². The first-order valence-corrected chi connectivity index (χ1v) is 8.66. The van der Waals surface area contributed by atoms with Crippen molar-refractivity contribution in [2.75, 3.05) is 39.3 Å². The van der Waals surface area contributed by atoms with Gasteiger partial charge in [0.15, 0.2) is 0 Å². The minimum atomic E-state index is 0.296. The van der Waals surface area contributed by atoms with Crippen molar-refractivity contribution >= 4 is 5.91 Å². The first kappa shape index (κ1) is 16.2. The summed E-state index contributed by atoms with van der Waals surface area (Å²) in [7, 11) is 0. The van der Waals surface area contributed by atoms with Gasteiger partial charge in [0.2, 0.25) is 11.8 Å². The van der Waals surface area contributed by atoms with Crippen LogP contribution in [0.5, 0.6) is 5.88 Å². The molecule has 0 atom stereocenters. The number of ether oxygens (including phenoxy) is 1. The summed E-state index contributed by atoms with van der Waals surface area (Å²) < 4.78 is 5.62. The summed E-state index contributed by atoms with van der Waals surface area (Å²) in [6.07, 6.45) is 4.61. The topological polar surface area (TPSA) is 58.6 Å². The van der Waals surface area contributed by atoms with Crippen molar-refractivity contribution < 1.29 is 9.53 Å². The summed E-state index contributed by atoms with van der Waals surface area (Å²) in [6, 6.07) is 3.75. The normalized spacial score (nSPS) is 20.0. The quantitative estimate of drug-likeness (QED) is 0.823. The van der Waals surface area contributed by atoms with E-state index in [4.69, 9.17) is 4.74 Å². The molecule has 0 aromatic carbocycles. The maximum absolute atomic E-state index is 12.4. The predicted octanol–water partition coefficient (Wildman–Crippen LogP) is 1.50. The molecule has 2 heterocycles. The summed E-state index contributed by atoms with van der Waals surface area (Å²) in [5, 5.41) is 7.98. The van der Waals surface area contributed by atoms with Gasteiger partial charge in [0.1, 0.15) is 6.61 Å². The van der Waals surface area contributed by atoms with E-state index in [-0.39, 0.29) is 0 Å². The Labute approximate surface area is 137 Å². The van der Waals surface area contributed by atoms with Crippen molar-refractivity contribution in [2.45, 2.75) is 32.6 Å². The lowest BCUT2D eigenvalue weighted by atomic mass is 10.1. The van der Waals surface area contributed by atoms with E-state index in [2.05, 4.69) is 20.0 Å². The number of amides is 1. The highest BCUT2D eigenvalue weighted by Gasteiger charge is 2.29. The number of rotatable bonds is 5. The van der Waals surface area contributed by atoms with Crippen LogP contribution < -0.4 is 4.74 Å². The molecule has 1 saturated carbocycles. The van der Waals surface area contributed by atoms with Crippen molar-refractivity contribution in [3.05, 3.63) is 17.8 Å². The highest BCUT2D eigenvalue weighted by atomic mass is 16.5. The molecule has 6 nitrogen and oxygen atoms in total. The van der Waals surface area contributed by atoms with Gasteiger partial charge in [0.25, 0.3) is 0 Å². The van der Waals surface area contributed by atoms with Crippen LogP contribution in [0.25, 0.3) is 0 Å². The number of carbonyl (C=O) groups excluding carboxylic acids is 1. The van der Waals surface area contributed by atoms with E-state index in [1.165, 1.54) is 12.8 Å². The van der Waals surface area contributed by atoms with Gasteiger partial charge in [0, 0.05) is 44.7 Å². The van der Waals surface area contributed by atoms with Crippen LogP contribution in [0.1, 0.15) is 31.4 Å². The Morgan fingerprint density at radius 2 is 1.91 bits per heavy atom. The molecule has 1 aliphatic carbocycles. The van der Waals surface area contributed by atoms with E-state index >= 15 is 0 Å².